The Morgan fingerprint density at radius 3 is 3.00 bits per heavy atom. The molecule has 0 fully saturated rings. The average Bonchev–Trinajstić information content (AvgIpc) is 2.69. The first-order valence-corrected chi connectivity index (χ1v) is 6.21. The number of halogens is 2. The van der Waals surface area contributed by atoms with Crippen molar-refractivity contribution in [1.29, 1.82) is 0 Å². The van der Waals surface area contributed by atoms with Crippen LogP contribution in [0.3, 0.4) is 0 Å². The number of ether oxygens (including phenoxy) is 2. The van der Waals surface area contributed by atoms with Crippen LogP contribution in [0.1, 0.15) is 20.3 Å². The molecular formula is C13H15ClFNO2. The predicted octanol–water partition coefficient (Wildman–Crippen LogP) is 3.45. The van der Waals surface area contributed by atoms with Gasteiger partial charge in [0.15, 0.2) is 5.90 Å². The monoisotopic (exact) mass is 271 g/mol. The van der Waals surface area contributed by atoms with Gasteiger partial charge in [0.1, 0.15) is 18.2 Å². The summed E-state index contributed by atoms with van der Waals surface area (Å²) in [5, 5.41) is 0.0674. The van der Waals surface area contributed by atoms with Gasteiger partial charge >= 0.3 is 0 Å². The van der Waals surface area contributed by atoms with Crippen molar-refractivity contribution in [2.45, 2.75) is 32.4 Å². The lowest BCUT2D eigenvalue weighted by Gasteiger charge is -2.16. The molecule has 0 spiro atoms. The molecule has 2 rings (SSSR count). The van der Waals surface area contributed by atoms with Crippen LogP contribution in [0.4, 0.5) is 4.39 Å². The summed E-state index contributed by atoms with van der Waals surface area (Å²) in [5.41, 5.74) is 0. The van der Waals surface area contributed by atoms with Crippen molar-refractivity contribution in [1.82, 2.24) is 0 Å². The smallest absolute Gasteiger partial charge is 0.180 e. The van der Waals surface area contributed by atoms with Crippen molar-refractivity contribution in [3.05, 3.63) is 29.0 Å². The Morgan fingerprint density at radius 2 is 2.39 bits per heavy atom. The maximum Gasteiger partial charge on any atom is 0.180 e. The molecule has 2 unspecified atom stereocenters. The second kappa shape index (κ2) is 5.57. The summed E-state index contributed by atoms with van der Waals surface area (Å²) < 4.78 is 23.9. The van der Waals surface area contributed by atoms with Crippen molar-refractivity contribution in [3.63, 3.8) is 0 Å². The standard InChI is InChI=1S/C13H15ClFNO2/c1-8(5-10-7-17-9(2)16-10)18-11-3-4-13(15)12(14)6-11/h3-4,6,8,10H,5,7H2,1-2H3. The topological polar surface area (TPSA) is 30.8 Å². The van der Waals surface area contributed by atoms with Crippen LogP contribution in [-0.4, -0.2) is 24.7 Å². The summed E-state index contributed by atoms with van der Waals surface area (Å²) in [6.45, 7) is 4.38. The number of nitrogens with zero attached hydrogens (tertiary/aromatic N) is 1. The van der Waals surface area contributed by atoms with Crippen LogP contribution in [0.2, 0.25) is 5.02 Å². The minimum absolute atomic E-state index is 0.0326. The van der Waals surface area contributed by atoms with E-state index in [9.17, 15) is 4.39 Å². The molecule has 0 amide bonds. The fourth-order valence-corrected chi connectivity index (χ4v) is 2.05. The third-order valence-corrected chi connectivity index (χ3v) is 2.97. The highest BCUT2D eigenvalue weighted by atomic mass is 35.5. The molecule has 5 heteroatoms. The van der Waals surface area contributed by atoms with Crippen LogP contribution in [0, 0.1) is 5.82 Å². The van der Waals surface area contributed by atoms with Gasteiger partial charge in [-0.2, -0.15) is 0 Å². The van der Waals surface area contributed by atoms with Crippen LogP contribution >= 0.6 is 11.6 Å². The van der Waals surface area contributed by atoms with E-state index in [0.29, 0.717) is 12.4 Å². The molecule has 0 saturated heterocycles. The van der Waals surface area contributed by atoms with Crippen molar-refractivity contribution in [3.8, 4) is 5.75 Å². The van der Waals surface area contributed by atoms with E-state index in [2.05, 4.69) is 4.99 Å². The number of hydrogen-bond acceptors (Lipinski definition) is 3. The van der Waals surface area contributed by atoms with Gasteiger partial charge in [-0.1, -0.05) is 11.6 Å². The highest BCUT2D eigenvalue weighted by molar-refractivity contribution is 6.30. The summed E-state index contributed by atoms with van der Waals surface area (Å²) >= 11 is 5.69. The first-order valence-electron chi connectivity index (χ1n) is 5.83. The molecule has 1 aliphatic rings. The van der Waals surface area contributed by atoms with Crippen LogP contribution in [0.25, 0.3) is 0 Å². The molecule has 0 bridgehead atoms. The summed E-state index contributed by atoms with van der Waals surface area (Å²) in [6, 6.07) is 4.48. The molecule has 1 aromatic carbocycles. The predicted molar refractivity (Wildman–Crippen MR) is 69.0 cm³/mol. The molecule has 1 aliphatic heterocycles. The zero-order chi connectivity index (χ0) is 13.1. The molecule has 0 saturated carbocycles. The largest absolute Gasteiger partial charge is 0.491 e. The van der Waals surface area contributed by atoms with Crippen molar-refractivity contribution < 1.29 is 13.9 Å². The first-order chi connectivity index (χ1) is 8.54. The Hall–Kier alpha value is -1.29. The Bertz CT molecular complexity index is 464. The number of hydrogen-bond donors (Lipinski definition) is 0. The molecule has 0 aromatic heterocycles. The molecule has 0 aliphatic carbocycles. The third kappa shape index (κ3) is 3.35. The van der Waals surface area contributed by atoms with Crippen molar-refractivity contribution in [2.24, 2.45) is 4.99 Å². The summed E-state index contributed by atoms with van der Waals surface area (Å²) in [7, 11) is 0. The maximum absolute atomic E-state index is 13.0. The summed E-state index contributed by atoms with van der Waals surface area (Å²) in [5.74, 6) is 0.839. The van der Waals surface area contributed by atoms with Gasteiger partial charge in [0.05, 0.1) is 17.2 Å². The van der Waals surface area contributed by atoms with E-state index < -0.39 is 5.82 Å². The number of rotatable bonds is 4. The molecular weight excluding hydrogens is 257 g/mol. The second-order valence-electron chi connectivity index (χ2n) is 4.35. The number of benzene rings is 1. The lowest BCUT2D eigenvalue weighted by atomic mass is 10.1. The number of aliphatic imine (C=N–C) groups is 1. The SMILES string of the molecule is CC1=NC(CC(C)Oc2ccc(F)c(Cl)c2)CO1. The minimum atomic E-state index is -0.443. The zero-order valence-corrected chi connectivity index (χ0v) is 11.1. The molecule has 0 N–H and O–H groups in total. The van der Waals surface area contributed by atoms with Gasteiger partial charge in [0.2, 0.25) is 0 Å². The second-order valence-corrected chi connectivity index (χ2v) is 4.76. The Morgan fingerprint density at radius 1 is 1.61 bits per heavy atom. The molecule has 98 valence electrons. The third-order valence-electron chi connectivity index (χ3n) is 2.68. The van der Waals surface area contributed by atoms with Crippen LogP contribution in [0.15, 0.2) is 23.2 Å². The molecule has 2 atom stereocenters. The van der Waals surface area contributed by atoms with E-state index in [1.807, 2.05) is 13.8 Å². The molecule has 1 aromatic rings. The average molecular weight is 272 g/mol. The first kappa shape index (κ1) is 13.1. The van der Waals surface area contributed by atoms with Gasteiger partial charge in [-0.05, 0) is 19.1 Å². The Balaban J connectivity index is 1.90. The van der Waals surface area contributed by atoms with Gasteiger partial charge in [-0.25, -0.2) is 9.38 Å². The van der Waals surface area contributed by atoms with Gasteiger partial charge in [-0.15, -0.1) is 0 Å². The van der Waals surface area contributed by atoms with Crippen molar-refractivity contribution >= 4 is 17.5 Å². The highest BCUT2D eigenvalue weighted by Gasteiger charge is 2.19. The van der Waals surface area contributed by atoms with Crippen LogP contribution < -0.4 is 4.74 Å². The summed E-state index contributed by atoms with van der Waals surface area (Å²) in [6.07, 6.45) is 0.724. The Labute approximate surface area is 111 Å². The van der Waals surface area contributed by atoms with E-state index in [1.54, 1.807) is 6.07 Å². The molecule has 3 nitrogen and oxygen atoms in total. The molecule has 0 radical (unpaired) electrons. The summed E-state index contributed by atoms with van der Waals surface area (Å²) in [4.78, 5) is 4.33. The fraction of sp³-hybridized carbons (Fsp3) is 0.462. The van der Waals surface area contributed by atoms with Gasteiger partial charge in [0.25, 0.3) is 0 Å². The van der Waals surface area contributed by atoms with Crippen LogP contribution in [0.5, 0.6) is 5.75 Å². The van der Waals surface area contributed by atoms with E-state index in [1.165, 1.54) is 12.1 Å². The van der Waals surface area contributed by atoms with Gasteiger partial charge in [0, 0.05) is 19.4 Å². The lowest BCUT2D eigenvalue weighted by molar-refractivity contribution is 0.189. The van der Waals surface area contributed by atoms with E-state index in [4.69, 9.17) is 21.1 Å². The minimum Gasteiger partial charge on any atom is -0.491 e. The molecule has 18 heavy (non-hydrogen) atoms. The lowest BCUT2D eigenvalue weighted by Crippen LogP contribution is -2.20. The maximum atomic E-state index is 13.0. The normalized spacial score (nSPS) is 20.2. The Kier molecular flexibility index (Phi) is 4.07. The zero-order valence-electron chi connectivity index (χ0n) is 10.3. The molecule has 1 heterocycles. The van der Waals surface area contributed by atoms with Gasteiger partial charge in [-0.3, -0.25) is 0 Å². The highest BCUT2D eigenvalue weighted by Crippen LogP contribution is 2.23. The van der Waals surface area contributed by atoms with Crippen molar-refractivity contribution in [2.75, 3.05) is 6.61 Å². The van der Waals surface area contributed by atoms with E-state index >= 15 is 0 Å². The van der Waals surface area contributed by atoms with E-state index in [0.717, 1.165) is 12.3 Å². The fourth-order valence-electron chi connectivity index (χ4n) is 1.88. The van der Waals surface area contributed by atoms with Crippen LogP contribution in [-0.2, 0) is 4.74 Å². The van der Waals surface area contributed by atoms with Gasteiger partial charge < -0.3 is 9.47 Å². The quantitative estimate of drug-likeness (QED) is 0.840. The van der Waals surface area contributed by atoms with E-state index in [-0.39, 0.29) is 17.2 Å².